The van der Waals surface area contributed by atoms with Crippen LogP contribution in [0.1, 0.15) is 106 Å². The number of nitrogens with zero attached hydrogens (tertiary/aromatic N) is 5. The predicted octanol–water partition coefficient (Wildman–Crippen LogP) is 33.4. The van der Waals surface area contributed by atoms with Crippen molar-refractivity contribution in [3.63, 3.8) is 0 Å². The van der Waals surface area contributed by atoms with Gasteiger partial charge in [-0.25, -0.2) is 22.8 Å². The fourth-order valence-corrected chi connectivity index (χ4v) is 21.2. The number of benzene rings is 15. The summed E-state index contributed by atoms with van der Waals surface area (Å²) in [4.78, 5) is 0. The van der Waals surface area contributed by atoms with Gasteiger partial charge in [0.1, 0.15) is 35.2 Å². The van der Waals surface area contributed by atoms with Gasteiger partial charge in [0.25, 0.3) is 0 Å². The molecule has 0 saturated carbocycles. The van der Waals surface area contributed by atoms with Crippen molar-refractivity contribution < 1.29 is 22.8 Å². The molecule has 0 aliphatic heterocycles. The Labute approximate surface area is 857 Å². The molecule has 5 nitrogen and oxygen atoms in total. The number of hydrogen-bond acceptors (Lipinski definition) is 0. The van der Waals surface area contributed by atoms with Gasteiger partial charge in [0.2, 0.25) is 28.5 Å². The first kappa shape index (κ1) is 101. The second kappa shape index (κ2) is 44.9. The van der Waals surface area contributed by atoms with Crippen molar-refractivity contribution in [2.75, 3.05) is 0 Å². The summed E-state index contributed by atoms with van der Waals surface area (Å²) in [6, 6.07) is 134. The normalized spacial score (nSPS) is 10.9. The van der Waals surface area contributed by atoms with Crippen molar-refractivity contribution in [2.45, 2.75) is 132 Å². The van der Waals surface area contributed by atoms with Gasteiger partial charge in [-0.15, -0.1) is 0 Å². The summed E-state index contributed by atoms with van der Waals surface area (Å²) >= 11 is 0. The third-order valence-corrected chi connectivity index (χ3v) is 28.7. The zero-order chi connectivity index (χ0) is 102. The van der Waals surface area contributed by atoms with Crippen molar-refractivity contribution in [2.24, 2.45) is 35.2 Å². The first-order valence-corrected chi connectivity index (χ1v) is 50.5. The smallest absolute Gasteiger partial charge is 0.201 e. The highest BCUT2D eigenvalue weighted by Crippen LogP contribution is 2.42. The molecule has 0 aliphatic carbocycles. The van der Waals surface area contributed by atoms with E-state index in [0.717, 1.165) is 0 Å². The quantitative estimate of drug-likeness (QED) is 0.0912. The Balaban J connectivity index is 0.000000129. The number of aryl methyl sites for hydroxylation is 24. The van der Waals surface area contributed by atoms with Crippen molar-refractivity contribution in [1.82, 2.24) is 0 Å². The van der Waals surface area contributed by atoms with Crippen LogP contribution in [0.4, 0.5) is 0 Å². The molecule has 0 atom stereocenters. The van der Waals surface area contributed by atoms with Gasteiger partial charge in [0.05, 0.1) is 0 Å². The van der Waals surface area contributed by atoms with Crippen LogP contribution in [0.2, 0.25) is 0 Å². The number of hydrogen-bond donors (Lipinski definition) is 0. The number of aromatic nitrogens is 5. The Morgan fingerprint density at radius 3 is 0.653 bits per heavy atom. The van der Waals surface area contributed by atoms with E-state index in [1.54, 1.807) is 0 Å². The van der Waals surface area contributed by atoms with E-state index in [4.69, 9.17) is 0 Å². The van der Waals surface area contributed by atoms with Gasteiger partial charge in [0.15, 0.2) is 31.0 Å². The topological polar surface area (TPSA) is 19.4 Å². The highest BCUT2D eigenvalue weighted by atomic mass is 14.9. The van der Waals surface area contributed by atoms with Gasteiger partial charge in [-0.3, -0.25) is 0 Å². The Bertz CT molecular complexity index is 7950. The third-order valence-electron chi connectivity index (χ3n) is 28.7. The maximum absolute atomic E-state index is 2.36. The van der Waals surface area contributed by atoms with Gasteiger partial charge in [-0.2, -0.15) is 0 Å². The molecule has 5 heterocycles. The molecule has 0 fully saturated rings. The van der Waals surface area contributed by atoms with Crippen molar-refractivity contribution in [3.8, 4) is 168 Å². The summed E-state index contributed by atoms with van der Waals surface area (Å²) in [5, 5.41) is 0. The molecule has 0 saturated heterocycles. The lowest BCUT2D eigenvalue weighted by atomic mass is 9.91. The third kappa shape index (κ3) is 22.8. The molecule has 0 amide bonds. The Hall–Kier alpha value is -16.0. The van der Waals surface area contributed by atoms with Gasteiger partial charge in [-0.1, -0.05) is 296 Å². The van der Waals surface area contributed by atoms with Crippen LogP contribution in [0, 0.1) is 132 Å². The lowest BCUT2D eigenvalue weighted by Crippen LogP contribution is -2.31. The molecule has 5 aromatic heterocycles. The van der Waals surface area contributed by atoms with Crippen LogP contribution in [0.5, 0.6) is 0 Å². The van der Waals surface area contributed by atoms with Crippen LogP contribution >= 0.6 is 0 Å². The SMILES string of the molecule is Cc1cc(C)c(-c2cc(-c3c(C)cccc3C)cc[n+]2C)cc1-c1ccccc1.Cc1cc(C)c(-c2cc(-c3ccccc3)c(C)c[n+]2C)cc1-c1ccccc1.Cc1cc(C)c(-c2cc[n+](C)c(-c3cc(-c4ccccc4)c(C)cc3C)c2)c(C)c1.Cc1ccc(-c2cc[n+](C)c(-c3cc(-c4ccccc4)c(C)cc3C)c2)c(C)c1.Cc1ccccc1-c1cc[n+](C)c(-c2cc(-c3ccccc3)c(C)cc2C)c1. The molecule has 0 unspecified atom stereocenters. The van der Waals surface area contributed by atoms with Gasteiger partial charge in [-0.05, 0) is 362 Å². The highest BCUT2D eigenvalue weighted by molar-refractivity contribution is 5.86. The van der Waals surface area contributed by atoms with Gasteiger partial charge >= 0.3 is 0 Å². The second-order valence-electron chi connectivity index (χ2n) is 39.8. The Morgan fingerprint density at radius 1 is 0.125 bits per heavy atom. The number of rotatable bonds is 15. The summed E-state index contributed by atoms with van der Waals surface area (Å²) in [6.07, 6.45) is 10.9. The first-order chi connectivity index (χ1) is 69.3. The minimum Gasteiger partial charge on any atom is -0.201 e. The summed E-state index contributed by atoms with van der Waals surface area (Å²) in [6.45, 7) is 41.7. The average molecular weight is 1880 g/mol. The summed E-state index contributed by atoms with van der Waals surface area (Å²) < 4.78 is 11.1. The summed E-state index contributed by atoms with van der Waals surface area (Å²) in [5.41, 5.74) is 63.1. The van der Waals surface area contributed by atoms with Crippen LogP contribution < -0.4 is 22.8 Å². The van der Waals surface area contributed by atoms with Crippen LogP contribution in [0.3, 0.4) is 0 Å². The lowest BCUT2D eigenvalue weighted by Gasteiger charge is -2.14. The van der Waals surface area contributed by atoms with Gasteiger partial charge < -0.3 is 0 Å². The molecule has 144 heavy (non-hydrogen) atoms. The maximum Gasteiger partial charge on any atom is 0.213 e. The Morgan fingerprint density at radius 2 is 0.354 bits per heavy atom. The fraction of sp³-hybridized carbons (Fsp3) is 0.173. The van der Waals surface area contributed by atoms with Crippen LogP contribution in [-0.4, -0.2) is 0 Å². The van der Waals surface area contributed by atoms with E-state index in [2.05, 4.69) is 591 Å². The fourth-order valence-electron chi connectivity index (χ4n) is 21.2. The Kier molecular flexibility index (Phi) is 31.5. The summed E-state index contributed by atoms with van der Waals surface area (Å²) in [7, 11) is 10.7. The van der Waals surface area contributed by atoms with Gasteiger partial charge in [0, 0.05) is 88.0 Å². The van der Waals surface area contributed by atoms with E-state index in [-0.39, 0.29) is 0 Å². The van der Waals surface area contributed by atoms with Crippen LogP contribution in [0.15, 0.2) is 401 Å². The average Bonchev–Trinajstić information content (AvgIpc) is 0.790. The second-order valence-corrected chi connectivity index (χ2v) is 39.8. The molecule has 15 aromatic carbocycles. The molecule has 5 heteroatoms. The molecule has 0 aliphatic rings. The molecule has 0 radical (unpaired) electrons. The van der Waals surface area contributed by atoms with Crippen molar-refractivity contribution >= 4 is 0 Å². The molecule has 20 aromatic rings. The first-order valence-electron chi connectivity index (χ1n) is 50.5. The molecule has 0 N–H and O–H groups in total. The largest absolute Gasteiger partial charge is 0.213 e. The molecule has 0 spiro atoms. The minimum atomic E-state index is 1.23. The molecule has 0 bridgehead atoms. The minimum absolute atomic E-state index is 1.23. The zero-order valence-electron chi connectivity index (χ0n) is 88.8. The lowest BCUT2D eigenvalue weighted by molar-refractivity contribution is -0.660. The highest BCUT2D eigenvalue weighted by Gasteiger charge is 2.26. The van der Waals surface area contributed by atoms with E-state index in [9.17, 15) is 0 Å². The number of pyridine rings is 5. The standard InChI is InChI=1S/C29H30N.2C28H28N.2C27H26N/c1-19-14-22(4)29(23(5)15-19)25-12-13-30(6)28(17-25)27-18-26(20(2)16-21(27)3)24-10-8-7-9-11-24;1-19-10-9-11-20(2)28(19)24-14-15-29(5)27(17-24)26-18-25(21(3)16-22(26)4)23-12-7-6-8-13-23;1-19-11-12-25(20(2)15-19)24-13-14-29(5)28(17-24)27-18-26(21(3)16-22(27)4)23-9-7-6-8-10-23;1-19-15-20(2)26(16-24(19)22-11-7-5-8-12-22)27-17-25(21(3)18-28(27)4)23-13-9-6-10-14-23;1-19-10-8-9-13-24(19)23-14-15-28(4)27(17-23)26-18-25(20(2)16-21(26)3)22-11-6-5-7-12-22/h7-18H,1-6H3;2*6-18H,1-5H3;2*5-18H,1-4H3/q5*+1. The van der Waals surface area contributed by atoms with Crippen molar-refractivity contribution in [3.05, 3.63) is 507 Å². The van der Waals surface area contributed by atoms with E-state index < -0.39 is 0 Å². The predicted molar refractivity (Wildman–Crippen MR) is 610 cm³/mol. The van der Waals surface area contributed by atoms with E-state index >= 15 is 0 Å². The monoisotopic (exact) mass is 1880 g/mol. The maximum atomic E-state index is 2.36. The van der Waals surface area contributed by atoms with Crippen LogP contribution in [0.25, 0.3) is 168 Å². The molecular formula is C139H138N5+5. The molecule has 714 valence electrons. The van der Waals surface area contributed by atoms with Crippen molar-refractivity contribution in [1.29, 1.82) is 0 Å². The zero-order valence-corrected chi connectivity index (χ0v) is 88.8. The van der Waals surface area contributed by atoms with E-state index in [1.807, 2.05) is 0 Å². The van der Waals surface area contributed by atoms with E-state index in [1.165, 1.54) is 273 Å². The molecule has 20 rings (SSSR count). The van der Waals surface area contributed by atoms with Crippen LogP contribution in [-0.2, 0) is 35.2 Å². The summed E-state index contributed by atoms with van der Waals surface area (Å²) in [5.74, 6) is 0. The van der Waals surface area contributed by atoms with E-state index in [0.29, 0.717) is 0 Å². The molecular weight excluding hydrogens is 1740 g/mol.